The second kappa shape index (κ2) is 7.55. The summed E-state index contributed by atoms with van der Waals surface area (Å²) in [6.07, 6.45) is 0. The van der Waals surface area contributed by atoms with Crippen LogP contribution in [0.1, 0.15) is 0 Å². The first-order valence-electron chi connectivity index (χ1n) is 5.52. The van der Waals surface area contributed by atoms with Gasteiger partial charge < -0.3 is 9.44 Å². The minimum Gasteiger partial charge on any atom is -0.744 e. The molecule has 0 aliphatic heterocycles. The molecule has 0 aliphatic carbocycles. The van der Waals surface area contributed by atoms with Gasteiger partial charge in [-0.2, -0.15) is 8.42 Å². The Morgan fingerprint density at radius 3 is 1.82 bits per heavy atom. The van der Waals surface area contributed by atoms with E-state index in [1.807, 2.05) is 0 Å². The van der Waals surface area contributed by atoms with Crippen molar-refractivity contribution in [3.05, 3.63) is 54.6 Å². The minimum atomic E-state index is -4.96. The zero-order valence-corrected chi connectivity index (χ0v) is 15.0. The van der Waals surface area contributed by atoms with E-state index in [0.717, 1.165) is 12.1 Å². The van der Waals surface area contributed by atoms with E-state index in [4.69, 9.17) is 0 Å². The first-order chi connectivity index (χ1) is 9.81. The zero-order chi connectivity index (χ0) is 15.5. The van der Waals surface area contributed by atoms with Crippen molar-refractivity contribution in [2.24, 2.45) is 0 Å². The molecule has 0 spiro atoms. The van der Waals surface area contributed by atoms with Crippen LogP contribution in [0.4, 0.5) is 0 Å². The van der Waals surface area contributed by atoms with Crippen LogP contribution in [0.25, 0.3) is 0 Å². The molecular weight excluding hydrogens is 343 g/mol. The van der Waals surface area contributed by atoms with Crippen LogP contribution in [0.15, 0.2) is 64.4 Å². The number of hydrogen-bond acceptors (Lipinski definition) is 7. The fourth-order valence-electron chi connectivity index (χ4n) is 1.46. The molecule has 2 aromatic carbocycles. The van der Waals surface area contributed by atoms with Gasteiger partial charge in [0, 0.05) is 0 Å². The number of hydrogen-bond donors (Lipinski definition) is 0. The Kier molecular flexibility index (Phi) is 6.56. The summed E-state index contributed by atoms with van der Waals surface area (Å²) in [5, 5.41) is 0. The van der Waals surface area contributed by atoms with Crippen LogP contribution < -0.4 is 34.4 Å². The Labute approximate surface area is 150 Å². The molecule has 0 amide bonds. The van der Waals surface area contributed by atoms with Crippen molar-refractivity contribution < 1.29 is 60.2 Å². The summed E-state index contributed by atoms with van der Waals surface area (Å²) in [5.41, 5.74) is 0. The summed E-state index contributed by atoms with van der Waals surface area (Å²) < 4.78 is 61.3. The van der Waals surface area contributed by atoms with Gasteiger partial charge in [0.05, 0.1) is 4.90 Å². The SMILES string of the molecule is O=S(=O)([O-])c1ccccc1S(=O)(=O)OOc1ccccc1.[Na+]. The van der Waals surface area contributed by atoms with Crippen LogP contribution in [0.2, 0.25) is 0 Å². The first-order valence-corrected chi connectivity index (χ1v) is 8.33. The molecule has 0 bridgehead atoms. The van der Waals surface area contributed by atoms with Gasteiger partial charge in [-0.15, -0.1) is 0 Å². The van der Waals surface area contributed by atoms with Gasteiger partial charge in [-0.1, -0.05) is 34.7 Å². The maximum absolute atomic E-state index is 11.9. The average molecular weight is 352 g/mol. The molecule has 0 heterocycles. The second-order valence-electron chi connectivity index (χ2n) is 3.82. The van der Waals surface area contributed by atoms with Crippen LogP contribution in [-0.2, 0) is 24.6 Å². The van der Waals surface area contributed by atoms with Crippen molar-refractivity contribution in [3.63, 3.8) is 0 Å². The van der Waals surface area contributed by atoms with Crippen LogP contribution in [-0.4, -0.2) is 21.4 Å². The first kappa shape index (κ1) is 19.1. The monoisotopic (exact) mass is 352 g/mol. The summed E-state index contributed by atoms with van der Waals surface area (Å²) in [5.74, 6) is 0.100. The molecule has 0 N–H and O–H groups in total. The minimum absolute atomic E-state index is 0. The van der Waals surface area contributed by atoms with E-state index in [1.165, 1.54) is 24.3 Å². The molecule has 0 unspecified atom stereocenters. The predicted molar refractivity (Wildman–Crippen MR) is 69.7 cm³/mol. The molecule has 22 heavy (non-hydrogen) atoms. The third-order valence-corrected chi connectivity index (χ3v) is 4.52. The molecule has 112 valence electrons. The van der Waals surface area contributed by atoms with E-state index in [2.05, 4.69) is 9.22 Å². The molecule has 0 radical (unpaired) electrons. The normalized spacial score (nSPS) is 11.5. The molecule has 2 rings (SSSR count). The summed E-state index contributed by atoms with van der Waals surface area (Å²) in [6.45, 7) is 0. The maximum Gasteiger partial charge on any atom is 1.00 e. The topological polar surface area (TPSA) is 110 Å². The van der Waals surface area contributed by atoms with Gasteiger partial charge >= 0.3 is 39.7 Å². The van der Waals surface area contributed by atoms with Gasteiger partial charge in [-0.05, 0) is 24.3 Å². The van der Waals surface area contributed by atoms with Crippen molar-refractivity contribution in [3.8, 4) is 5.75 Å². The molecule has 7 nitrogen and oxygen atoms in total. The van der Waals surface area contributed by atoms with Crippen molar-refractivity contribution in [1.82, 2.24) is 0 Å². The number of benzene rings is 2. The Morgan fingerprint density at radius 2 is 1.27 bits per heavy atom. The van der Waals surface area contributed by atoms with E-state index in [1.54, 1.807) is 18.2 Å². The van der Waals surface area contributed by atoms with Gasteiger partial charge in [0.1, 0.15) is 15.0 Å². The van der Waals surface area contributed by atoms with Gasteiger partial charge in [-0.25, -0.2) is 8.42 Å². The second-order valence-corrected chi connectivity index (χ2v) is 6.65. The molecule has 0 saturated heterocycles. The molecule has 10 heteroatoms. The Morgan fingerprint density at radius 1 is 0.773 bits per heavy atom. The summed E-state index contributed by atoms with van der Waals surface area (Å²) in [7, 11) is -9.54. The largest absolute Gasteiger partial charge is 1.00 e. The molecule has 2 aromatic rings. The van der Waals surface area contributed by atoms with Gasteiger partial charge in [-0.3, -0.25) is 0 Å². The van der Waals surface area contributed by atoms with Gasteiger partial charge in [0.2, 0.25) is 0 Å². The Bertz CT molecular complexity index is 833. The summed E-state index contributed by atoms with van der Waals surface area (Å²) in [4.78, 5) is 2.93. The van der Waals surface area contributed by atoms with E-state index >= 15 is 0 Å². The fraction of sp³-hybridized carbons (Fsp3) is 0. The standard InChI is InChI=1S/C12H10O7S2.Na/c13-20(14,15)11-8-4-5-9-12(11)21(16,17)19-18-10-6-2-1-3-7-10;/h1-9H,(H,13,14,15);/q;+1/p-1. The van der Waals surface area contributed by atoms with Crippen LogP contribution in [0, 0.1) is 0 Å². The Balaban J connectivity index is 0.00000242. The summed E-state index contributed by atoms with van der Waals surface area (Å²) in [6, 6.07) is 12.0. The van der Waals surface area contributed by atoms with Crippen molar-refractivity contribution in [1.29, 1.82) is 0 Å². The molecule has 0 fully saturated rings. The van der Waals surface area contributed by atoms with Gasteiger partial charge in [0.15, 0.2) is 5.75 Å². The van der Waals surface area contributed by atoms with Crippen molar-refractivity contribution >= 4 is 20.2 Å². The molecular formula is C12H9NaO7S2. The predicted octanol–water partition coefficient (Wildman–Crippen LogP) is -1.71. The van der Waals surface area contributed by atoms with E-state index < -0.39 is 30.0 Å². The molecule has 0 aromatic heterocycles. The molecule has 0 saturated carbocycles. The van der Waals surface area contributed by atoms with Crippen molar-refractivity contribution in [2.75, 3.05) is 0 Å². The quantitative estimate of drug-likeness (QED) is 0.273. The van der Waals surface area contributed by atoms with E-state index in [-0.39, 0.29) is 35.3 Å². The molecule has 0 aliphatic rings. The summed E-state index contributed by atoms with van der Waals surface area (Å²) >= 11 is 0. The van der Waals surface area contributed by atoms with Crippen molar-refractivity contribution in [2.45, 2.75) is 9.79 Å². The fourth-order valence-corrected chi connectivity index (χ4v) is 3.43. The van der Waals surface area contributed by atoms with E-state index in [0.29, 0.717) is 0 Å². The number of para-hydroxylation sites is 1. The zero-order valence-electron chi connectivity index (χ0n) is 11.4. The van der Waals surface area contributed by atoms with Crippen LogP contribution in [0.3, 0.4) is 0 Å². The Hall–Kier alpha value is -0.940. The number of rotatable bonds is 5. The van der Waals surface area contributed by atoms with E-state index in [9.17, 15) is 21.4 Å². The third-order valence-electron chi connectivity index (χ3n) is 2.35. The average Bonchev–Trinajstić information content (AvgIpc) is 2.45. The van der Waals surface area contributed by atoms with Crippen LogP contribution >= 0.6 is 0 Å². The maximum atomic E-state index is 11.9. The smallest absolute Gasteiger partial charge is 0.744 e. The van der Waals surface area contributed by atoms with Crippen LogP contribution in [0.5, 0.6) is 5.75 Å². The van der Waals surface area contributed by atoms with Gasteiger partial charge in [0.25, 0.3) is 0 Å². The molecule has 0 atom stereocenters. The third kappa shape index (κ3) is 4.78.